The van der Waals surface area contributed by atoms with E-state index in [-0.39, 0.29) is 5.92 Å². The molecule has 1 aromatic carbocycles. The summed E-state index contributed by atoms with van der Waals surface area (Å²) in [6, 6.07) is 7.50. The van der Waals surface area contributed by atoms with Crippen LogP contribution in [-0.4, -0.2) is 30.0 Å². The lowest BCUT2D eigenvalue weighted by atomic mass is 9.96. The van der Waals surface area contributed by atoms with Gasteiger partial charge in [-0.15, -0.1) is 0 Å². The molecule has 17 heavy (non-hydrogen) atoms. The van der Waals surface area contributed by atoms with E-state index in [1.807, 2.05) is 31.2 Å². The van der Waals surface area contributed by atoms with Crippen LogP contribution in [-0.2, 0) is 9.63 Å². The predicted octanol–water partition coefficient (Wildman–Crippen LogP) is 1.52. The molecule has 0 aliphatic carbocycles. The van der Waals surface area contributed by atoms with E-state index < -0.39 is 12.6 Å². The van der Waals surface area contributed by atoms with Crippen molar-refractivity contribution in [2.24, 2.45) is 11.1 Å². The first kappa shape index (κ1) is 11.4. The number of ether oxygens (including phenoxy) is 1. The Labute approximate surface area is 98.6 Å². The summed E-state index contributed by atoms with van der Waals surface area (Å²) < 4.78 is 5.54. The van der Waals surface area contributed by atoms with Crippen LogP contribution in [0.3, 0.4) is 0 Å². The highest BCUT2D eigenvalue weighted by molar-refractivity contribution is 6.04. The van der Waals surface area contributed by atoms with Gasteiger partial charge in [0.05, 0.1) is 12.3 Å². The zero-order valence-electron chi connectivity index (χ0n) is 9.42. The quantitative estimate of drug-likeness (QED) is 0.806. The van der Waals surface area contributed by atoms with Gasteiger partial charge in [0.2, 0.25) is 6.61 Å². The third kappa shape index (κ3) is 2.55. The largest absolute Gasteiger partial charge is 0.492 e. The predicted molar refractivity (Wildman–Crippen MR) is 61.2 cm³/mol. The number of hydrogen-bond donors (Lipinski definition) is 1. The van der Waals surface area contributed by atoms with Crippen molar-refractivity contribution in [2.45, 2.75) is 6.92 Å². The number of para-hydroxylation sites is 1. The summed E-state index contributed by atoms with van der Waals surface area (Å²) in [5.74, 6) is -0.204. The maximum atomic E-state index is 10.3. The summed E-state index contributed by atoms with van der Waals surface area (Å²) in [7, 11) is 0. The third-order valence-electron chi connectivity index (χ3n) is 2.47. The van der Waals surface area contributed by atoms with Gasteiger partial charge in [0.1, 0.15) is 5.75 Å². The standard InChI is InChI=1S/C12H13NO4/c1-8-6-16-10-5-3-2-4-9(10)12(8)13-17-7-11(14)15/h2-5,8H,6-7H2,1H3,(H,14,15)/b13-12-. The van der Waals surface area contributed by atoms with Crippen molar-refractivity contribution in [2.75, 3.05) is 13.2 Å². The summed E-state index contributed by atoms with van der Waals surface area (Å²) in [5.41, 5.74) is 1.59. The Hall–Kier alpha value is -2.04. The van der Waals surface area contributed by atoms with Crippen molar-refractivity contribution in [3.63, 3.8) is 0 Å². The van der Waals surface area contributed by atoms with Crippen molar-refractivity contribution in [3.8, 4) is 5.75 Å². The Morgan fingerprint density at radius 1 is 1.59 bits per heavy atom. The number of aliphatic carboxylic acids is 1. The van der Waals surface area contributed by atoms with Gasteiger partial charge in [-0.05, 0) is 12.1 Å². The van der Waals surface area contributed by atoms with Gasteiger partial charge in [0, 0.05) is 11.5 Å². The minimum atomic E-state index is -1.04. The molecule has 1 aliphatic rings. The van der Waals surface area contributed by atoms with Crippen LogP contribution < -0.4 is 4.74 Å². The fraction of sp³-hybridized carbons (Fsp3) is 0.333. The number of rotatable bonds is 3. The van der Waals surface area contributed by atoms with Crippen LogP contribution in [0, 0.1) is 5.92 Å². The van der Waals surface area contributed by atoms with E-state index in [0.29, 0.717) is 6.61 Å². The minimum Gasteiger partial charge on any atom is -0.492 e. The molecule has 0 aromatic heterocycles. The molecule has 0 fully saturated rings. The first-order valence-corrected chi connectivity index (χ1v) is 5.32. The third-order valence-corrected chi connectivity index (χ3v) is 2.47. The maximum Gasteiger partial charge on any atom is 0.344 e. The van der Waals surface area contributed by atoms with Crippen molar-refractivity contribution < 1.29 is 19.5 Å². The number of oxime groups is 1. The Morgan fingerprint density at radius 2 is 2.35 bits per heavy atom. The van der Waals surface area contributed by atoms with E-state index in [1.54, 1.807) is 0 Å². The zero-order chi connectivity index (χ0) is 12.3. The molecule has 0 spiro atoms. The summed E-state index contributed by atoms with van der Waals surface area (Å²) in [4.78, 5) is 15.1. The second-order valence-electron chi connectivity index (χ2n) is 3.85. The highest BCUT2D eigenvalue weighted by atomic mass is 16.6. The van der Waals surface area contributed by atoms with E-state index in [9.17, 15) is 4.79 Å². The number of carboxylic acids is 1. The van der Waals surface area contributed by atoms with Crippen LogP contribution >= 0.6 is 0 Å². The second kappa shape index (κ2) is 4.86. The molecule has 1 unspecified atom stereocenters. The number of carbonyl (C=O) groups is 1. The highest BCUT2D eigenvalue weighted by Crippen LogP contribution is 2.27. The van der Waals surface area contributed by atoms with Crippen LogP contribution in [0.2, 0.25) is 0 Å². The van der Waals surface area contributed by atoms with Gasteiger partial charge in [-0.3, -0.25) is 0 Å². The van der Waals surface area contributed by atoms with E-state index in [0.717, 1.165) is 17.0 Å². The van der Waals surface area contributed by atoms with Gasteiger partial charge in [-0.2, -0.15) is 0 Å². The molecule has 0 amide bonds. The number of nitrogens with zero attached hydrogens (tertiary/aromatic N) is 1. The van der Waals surface area contributed by atoms with Crippen LogP contribution in [0.1, 0.15) is 12.5 Å². The summed E-state index contributed by atoms with van der Waals surface area (Å²) in [5, 5.41) is 12.4. The van der Waals surface area contributed by atoms with Crippen LogP contribution in [0.4, 0.5) is 0 Å². The van der Waals surface area contributed by atoms with Gasteiger partial charge in [0.25, 0.3) is 0 Å². The summed E-state index contributed by atoms with van der Waals surface area (Å²) in [6.45, 7) is 2.05. The van der Waals surface area contributed by atoms with Crippen LogP contribution in [0.25, 0.3) is 0 Å². The first-order chi connectivity index (χ1) is 8.18. The molecule has 0 saturated carbocycles. The van der Waals surface area contributed by atoms with Gasteiger partial charge in [0.15, 0.2) is 0 Å². The maximum absolute atomic E-state index is 10.3. The fourth-order valence-corrected chi connectivity index (χ4v) is 1.66. The monoisotopic (exact) mass is 235 g/mol. The van der Waals surface area contributed by atoms with E-state index >= 15 is 0 Å². The number of carboxylic acid groups (broad SMARTS) is 1. The van der Waals surface area contributed by atoms with Crippen LogP contribution in [0.5, 0.6) is 5.75 Å². The van der Waals surface area contributed by atoms with Gasteiger partial charge in [-0.25, -0.2) is 4.79 Å². The molecule has 90 valence electrons. The number of hydrogen-bond acceptors (Lipinski definition) is 4. The first-order valence-electron chi connectivity index (χ1n) is 5.32. The Morgan fingerprint density at radius 3 is 3.12 bits per heavy atom. The molecule has 1 N–H and O–H groups in total. The minimum absolute atomic E-state index is 0.0821. The van der Waals surface area contributed by atoms with Gasteiger partial charge in [-0.1, -0.05) is 24.2 Å². The van der Waals surface area contributed by atoms with E-state index in [4.69, 9.17) is 14.7 Å². The molecule has 2 rings (SSSR count). The molecule has 1 aromatic rings. The molecule has 5 nitrogen and oxygen atoms in total. The molecular formula is C12H13NO4. The average molecular weight is 235 g/mol. The average Bonchev–Trinajstić information content (AvgIpc) is 2.32. The molecule has 1 heterocycles. The SMILES string of the molecule is CC1COc2ccccc2/C1=N\OCC(=O)O. The lowest BCUT2D eigenvalue weighted by Crippen LogP contribution is -2.26. The van der Waals surface area contributed by atoms with Crippen molar-refractivity contribution in [1.82, 2.24) is 0 Å². The molecule has 1 aliphatic heterocycles. The van der Waals surface area contributed by atoms with Crippen molar-refractivity contribution >= 4 is 11.7 Å². The topological polar surface area (TPSA) is 68.1 Å². The summed E-state index contributed by atoms with van der Waals surface area (Å²) in [6.07, 6.45) is 0. The normalized spacial score (nSPS) is 20.5. The van der Waals surface area contributed by atoms with Crippen molar-refractivity contribution in [3.05, 3.63) is 29.8 Å². The molecule has 0 radical (unpaired) electrons. The number of fused-ring (bicyclic) bond motifs is 1. The Bertz CT molecular complexity index is 456. The molecular weight excluding hydrogens is 222 g/mol. The lowest BCUT2D eigenvalue weighted by molar-refractivity contribution is -0.142. The smallest absolute Gasteiger partial charge is 0.344 e. The Kier molecular flexibility index (Phi) is 3.27. The molecule has 5 heteroatoms. The highest BCUT2D eigenvalue weighted by Gasteiger charge is 2.23. The molecule has 1 atom stereocenters. The second-order valence-corrected chi connectivity index (χ2v) is 3.85. The Balaban J connectivity index is 2.23. The van der Waals surface area contributed by atoms with Crippen molar-refractivity contribution in [1.29, 1.82) is 0 Å². The lowest BCUT2D eigenvalue weighted by Gasteiger charge is -2.23. The fourth-order valence-electron chi connectivity index (χ4n) is 1.66. The molecule has 0 bridgehead atoms. The van der Waals surface area contributed by atoms with E-state index in [1.165, 1.54) is 0 Å². The molecule has 0 saturated heterocycles. The van der Waals surface area contributed by atoms with Gasteiger partial charge >= 0.3 is 5.97 Å². The van der Waals surface area contributed by atoms with Gasteiger partial charge < -0.3 is 14.7 Å². The van der Waals surface area contributed by atoms with E-state index in [2.05, 4.69) is 5.16 Å². The number of benzene rings is 1. The zero-order valence-corrected chi connectivity index (χ0v) is 9.42. The summed E-state index contributed by atoms with van der Waals surface area (Å²) >= 11 is 0. The van der Waals surface area contributed by atoms with Crippen LogP contribution in [0.15, 0.2) is 29.4 Å².